The second-order valence-corrected chi connectivity index (χ2v) is 8.65. The fraction of sp³-hybridized carbons (Fsp3) is 0.933. The quantitative estimate of drug-likeness (QED) is 0.570. The highest BCUT2D eigenvalue weighted by Gasteiger charge is 2.61. The Bertz CT molecular complexity index is 331. The van der Waals surface area contributed by atoms with Crippen LogP contribution in [0.25, 0.3) is 0 Å². The molecule has 104 valence electrons. The van der Waals surface area contributed by atoms with Gasteiger partial charge < -0.3 is 4.90 Å². The van der Waals surface area contributed by atoms with Crippen LogP contribution in [0.1, 0.15) is 59.8 Å². The van der Waals surface area contributed by atoms with Crippen molar-refractivity contribution in [2.75, 3.05) is 6.54 Å². The molecule has 1 heterocycles. The van der Waals surface area contributed by atoms with Crippen LogP contribution in [0, 0.1) is 11.3 Å². The van der Waals surface area contributed by atoms with Crippen LogP contribution in [-0.2, 0) is 4.79 Å². The van der Waals surface area contributed by atoms with Gasteiger partial charge in [-0.1, -0.05) is 49.0 Å². The largest absolute Gasteiger partial charge is 0.336 e. The van der Waals surface area contributed by atoms with Crippen LogP contribution in [0.3, 0.4) is 0 Å². The van der Waals surface area contributed by atoms with Gasteiger partial charge in [0, 0.05) is 10.9 Å². The van der Waals surface area contributed by atoms with Crippen molar-refractivity contribution in [3.8, 4) is 0 Å². The summed E-state index contributed by atoms with van der Waals surface area (Å²) in [6.07, 6.45) is 6.35. The molecule has 3 heteroatoms. The number of likely N-dealkylation sites (tertiary alicyclic amines) is 1. The van der Waals surface area contributed by atoms with Crippen LogP contribution in [0.2, 0.25) is 0 Å². The zero-order valence-electron chi connectivity index (χ0n) is 12.1. The normalized spacial score (nSPS) is 30.4. The van der Waals surface area contributed by atoms with Crippen molar-refractivity contribution in [2.45, 2.75) is 70.2 Å². The lowest BCUT2D eigenvalue weighted by atomic mass is 9.64. The van der Waals surface area contributed by atoms with Crippen molar-refractivity contribution in [1.82, 2.24) is 4.90 Å². The maximum absolute atomic E-state index is 12.3. The first kappa shape index (κ1) is 14.4. The van der Waals surface area contributed by atoms with Gasteiger partial charge >= 0.3 is 0 Å². The fourth-order valence-corrected chi connectivity index (χ4v) is 5.23. The predicted molar refractivity (Wildman–Crippen MR) is 78.9 cm³/mol. The third-order valence-corrected chi connectivity index (χ3v) is 5.77. The number of rotatable bonds is 3. The molecule has 0 aromatic rings. The summed E-state index contributed by atoms with van der Waals surface area (Å²) in [7, 11) is 0. The van der Waals surface area contributed by atoms with Crippen molar-refractivity contribution in [2.24, 2.45) is 11.3 Å². The number of carbonyl (C=O) groups excluding carboxylic acids is 1. The summed E-state index contributed by atoms with van der Waals surface area (Å²) >= 11 is 4.01. The highest BCUT2D eigenvalue weighted by atomic mass is 79.9. The number of halogens is 1. The Morgan fingerprint density at radius 3 is 2.33 bits per heavy atom. The molecule has 1 unspecified atom stereocenters. The molecule has 0 spiro atoms. The van der Waals surface area contributed by atoms with E-state index in [4.69, 9.17) is 0 Å². The number of hydrogen-bond acceptors (Lipinski definition) is 1. The van der Waals surface area contributed by atoms with Gasteiger partial charge in [-0.05, 0) is 32.6 Å². The molecule has 18 heavy (non-hydrogen) atoms. The number of alkyl halides is 1. The van der Waals surface area contributed by atoms with Crippen LogP contribution < -0.4 is 0 Å². The van der Waals surface area contributed by atoms with Crippen molar-refractivity contribution in [3.05, 3.63) is 0 Å². The fourth-order valence-electron chi connectivity index (χ4n) is 3.85. The third kappa shape index (κ3) is 2.23. The zero-order chi connectivity index (χ0) is 13.6. The number of carbonyl (C=O) groups is 1. The Hall–Kier alpha value is -0.0500. The SMILES string of the molecule is CC(C)CN1C(=O)C(C)(C)C1C1(Br)CCCCC1. The summed E-state index contributed by atoms with van der Waals surface area (Å²) in [5.41, 5.74) is -0.185. The Balaban J connectivity index is 2.19. The van der Waals surface area contributed by atoms with Gasteiger partial charge in [0.25, 0.3) is 0 Å². The molecule has 1 saturated carbocycles. The van der Waals surface area contributed by atoms with Gasteiger partial charge in [-0.15, -0.1) is 0 Å². The average Bonchev–Trinajstić information content (AvgIpc) is 2.27. The third-order valence-electron chi connectivity index (χ3n) is 4.54. The molecule has 0 aromatic carbocycles. The van der Waals surface area contributed by atoms with E-state index in [2.05, 4.69) is 48.5 Å². The first-order chi connectivity index (χ1) is 8.29. The van der Waals surface area contributed by atoms with E-state index in [0.717, 1.165) is 6.54 Å². The van der Waals surface area contributed by atoms with Crippen LogP contribution in [0.5, 0.6) is 0 Å². The molecule has 1 saturated heterocycles. The van der Waals surface area contributed by atoms with Gasteiger partial charge in [0.1, 0.15) is 0 Å². The van der Waals surface area contributed by atoms with Gasteiger partial charge in [-0.3, -0.25) is 4.79 Å². The maximum atomic E-state index is 12.3. The van der Waals surface area contributed by atoms with Gasteiger partial charge in [0.15, 0.2) is 0 Å². The van der Waals surface area contributed by atoms with E-state index in [0.29, 0.717) is 17.9 Å². The topological polar surface area (TPSA) is 20.3 Å². The minimum Gasteiger partial charge on any atom is -0.336 e. The second kappa shape index (κ2) is 4.81. The van der Waals surface area contributed by atoms with Crippen LogP contribution in [0.4, 0.5) is 0 Å². The molecule has 1 atom stereocenters. The Labute approximate surface area is 120 Å². The maximum Gasteiger partial charge on any atom is 0.230 e. The molecular formula is C15H26BrNO. The Kier molecular flexibility index (Phi) is 3.84. The molecule has 1 aliphatic heterocycles. The van der Waals surface area contributed by atoms with E-state index in [1.165, 1.54) is 32.1 Å². The number of nitrogens with zero attached hydrogens (tertiary/aromatic N) is 1. The molecule has 0 aromatic heterocycles. The first-order valence-electron chi connectivity index (χ1n) is 7.29. The van der Waals surface area contributed by atoms with Crippen LogP contribution in [0.15, 0.2) is 0 Å². The highest BCUT2D eigenvalue weighted by molar-refractivity contribution is 9.10. The van der Waals surface area contributed by atoms with Crippen LogP contribution in [-0.4, -0.2) is 27.7 Å². The van der Waals surface area contributed by atoms with E-state index in [9.17, 15) is 4.79 Å². The molecule has 0 radical (unpaired) electrons. The summed E-state index contributed by atoms with van der Waals surface area (Å²) in [6.45, 7) is 9.53. The summed E-state index contributed by atoms with van der Waals surface area (Å²) in [6, 6.07) is 0.375. The lowest BCUT2D eigenvalue weighted by molar-refractivity contribution is -0.173. The predicted octanol–water partition coefficient (Wildman–Crippen LogP) is 3.98. The monoisotopic (exact) mass is 315 g/mol. The molecule has 0 N–H and O–H groups in total. The van der Waals surface area contributed by atoms with Gasteiger partial charge in [0.05, 0.1) is 11.5 Å². The van der Waals surface area contributed by atoms with E-state index in [1.54, 1.807) is 0 Å². The lowest BCUT2D eigenvalue weighted by Crippen LogP contribution is -2.73. The summed E-state index contributed by atoms with van der Waals surface area (Å²) in [5.74, 6) is 0.887. The summed E-state index contributed by atoms with van der Waals surface area (Å²) in [4.78, 5) is 14.4. The number of β-lactam (4-membered cyclic amide) rings is 1. The lowest BCUT2D eigenvalue weighted by Gasteiger charge is -2.60. The van der Waals surface area contributed by atoms with Crippen molar-refractivity contribution in [1.29, 1.82) is 0 Å². The molecule has 2 rings (SSSR count). The average molecular weight is 316 g/mol. The van der Waals surface area contributed by atoms with E-state index >= 15 is 0 Å². The Morgan fingerprint density at radius 2 is 1.83 bits per heavy atom. The van der Waals surface area contributed by atoms with Crippen molar-refractivity contribution < 1.29 is 4.79 Å². The second-order valence-electron chi connectivity index (χ2n) is 7.07. The summed E-state index contributed by atoms with van der Waals surface area (Å²) in [5, 5.41) is 0. The van der Waals surface area contributed by atoms with E-state index in [1.807, 2.05) is 0 Å². The summed E-state index contributed by atoms with van der Waals surface area (Å²) < 4.78 is 0.164. The van der Waals surface area contributed by atoms with Crippen LogP contribution >= 0.6 is 15.9 Å². The first-order valence-corrected chi connectivity index (χ1v) is 8.08. The van der Waals surface area contributed by atoms with Gasteiger partial charge in [-0.2, -0.15) is 0 Å². The van der Waals surface area contributed by atoms with E-state index < -0.39 is 0 Å². The minimum atomic E-state index is -0.185. The molecular weight excluding hydrogens is 290 g/mol. The molecule has 2 aliphatic rings. The number of hydrogen-bond donors (Lipinski definition) is 0. The molecule has 1 aliphatic carbocycles. The minimum absolute atomic E-state index is 0.164. The van der Waals surface area contributed by atoms with Gasteiger partial charge in [-0.25, -0.2) is 0 Å². The van der Waals surface area contributed by atoms with E-state index in [-0.39, 0.29) is 9.74 Å². The van der Waals surface area contributed by atoms with Gasteiger partial charge in [0.2, 0.25) is 5.91 Å². The smallest absolute Gasteiger partial charge is 0.230 e. The molecule has 1 amide bonds. The molecule has 0 bridgehead atoms. The standard InChI is InChI=1S/C15H26BrNO/c1-11(2)10-17-12(14(3,4)13(17)18)15(16)8-6-5-7-9-15/h11-12H,5-10H2,1-4H3. The number of amides is 1. The Morgan fingerprint density at radius 1 is 1.28 bits per heavy atom. The van der Waals surface area contributed by atoms with Crippen molar-refractivity contribution in [3.63, 3.8) is 0 Å². The molecule has 2 nitrogen and oxygen atoms in total. The highest BCUT2D eigenvalue weighted by Crippen LogP contribution is 2.53. The van der Waals surface area contributed by atoms with Crippen molar-refractivity contribution >= 4 is 21.8 Å². The zero-order valence-corrected chi connectivity index (χ0v) is 13.7. The molecule has 2 fully saturated rings.